The highest BCUT2D eigenvalue weighted by molar-refractivity contribution is 5.89. The van der Waals surface area contributed by atoms with Crippen LogP contribution in [0.15, 0.2) is 29.1 Å². The lowest BCUT2D eigenvalue weighted by molar-refractivity contribution is 0.430. The molecule has 78 valence electrons. The summed E-state index contributed by atoms with van der Waals surface area (Å²) < 4.78 is 1.22. The van der Waals surface area contributed by atoms with Crippen molar-refractivity contribution in [3.05, 3.63) is 34.6 Å². The molecule has 2 rings (SSSR count). The molecule has 0 unspecified atom stereocenters. The monoisotopic (exact) mass is 204 g/mol. The maximum Gasteiger partial charge on any atom is 0.253 e. The van der Waals surface area contributed by atoms with Crippen molar-refractivity contribution in [3.8, 4) is 5.88 Å². The maximum atomic E-state index is 11.4. The van der Waals surface area contributed by atoms with Crippen molar-refractivity contribution in [2.24, 2.45) is 7.05 Å². The predicted octanol–water partition coefficient (Wildman–Crippen LogP) is 1.29. The zero-order chi connectivity index (χ0) is 11.0. The van der Waals surface area contributed by atoms with E-state index in [1.165, 1.54) is 10.6 Å². The fraction of sp³-hybridized carbons (Fsp3) is 0.182. The molecule has 0 aliphatic carbocycles. The number of rotatable bonds is 1. The maximum absolute atomic E-state index is 11.4. The van der Waals surface area contributed by atoms with Crippen molar-refractivity contribution in [2.75, 3.05) is 12.4 Å². The number of aromatic nitrogens is 1. The second kappa shape index (κ2) is 3.31. The molecule has 4 heteroatoms. The Balaban J connectivity index is 2.86. The van der Waals surface area contributed by atoms with Crippen LogP contribution in [0.2, 0.25) is 0 Å². The first-order valence-electron chi connectivity index (χ1n) is 4.64. The third-order valence-corrected chi connectivity index (χ3v) is 2.51. The van der Waals surface area contributed by atoms with Gasteiger partial charge in [0.15, 0.2) is 0 Å². The lowest BCUT2D eigenvalue weighted by atomic mass is 10.1. The first-order chi connectivity index (χ1) is 7.13. The van der Waals surface area contributed by atoms with Gasteiger partial charge in [-0.2, -0.15) is 0 Å². The van der Waals surface area contributed by atoms with Crippen LogP contribution in [0, 0.1) is 0 Å². The summed E-state index contributed by atoms with van der Waals surface area (Å²) in [5.74, 6) is 0.000142. The van der Waals surface area contributed by atoms with E-state index >= 15 is 0 Å². The molecule has 0 aliphatic heterocycles. The molecule has 0 bridgehead atoms. The molecule has 1 heterocycles. The molecule has 0 aliphatic rings. The molecule has 0 fully saturated rings. The Hall–Kier alpha value is -1.97. The van der Waals surface area contributed by atoms with Crippen LogP contribution in [-0.4, -0.2) is 16.7 Å². The summed E-state index contributed by atoms with van der Waals surface area (Å²) in [6, 6.07) is 6.98. The van der Waals surface area contributed by atoms with Gasteiger partial charge in [-0.15, -0.1) is 0 Å². The van der Waals surface area contributed by atoms with Crippen LogP contribution in [0.3, 0.4) is 0 Å². The van der Waals surface area contributed by atoms with Crippen molar-refractivity contribution in [1.29, 1.82) is 0 Å². The number of anilines is 1. The van der Waals surface area contributed by atoms with Crippen LogP contribution >= 0.6 is 0 Å². The van der Waals surface area contributed by atoms with Crippen LogP contribution in [-0.2, 0) is 7.05 Å². The van der Waals surface area contributed by atoms with Gasteiger partial charge in [0.1, 0.15) is 0 Å². The molecule has 1 aromatic heterocycles. The van der Waals surface area contributed by atoms with Crippen molar-refractivity contribution >= 4 is 16.5 Å². The van der Waals surface area contributed by atoms with Crippen LogP contribution in [0.1, 0.15) is 0 Å². The third kappa shape index (κ3) is 1.44. The van der Waals surface area contributed by atoms with E-state index in [1.807, 2.05) is 19.2 Å². The quantitative estimate of drug-likeness (QED) is 0.735. The molecule has 2 N–H and O–H groups in total. The highest BCUT2D eigenvalue weighted by Gasteiger charge is 2.05. The molecular formula is C11H12N2O2. The average Bonchev–Trinajstić information content (AvgIpc) is 2.25. The molecule has 0 saturated heterocycles. The van der Waals surface area contributed by atoms with Gasteiger partial charge in [0.2, 0.25) is 5.88 Å². The number of fused-ring (bicyclic) bond motifs is 1. The summed E-state index contributed by atoms with van der Waals surface area (Å²) in [7, 11) is 3.35. The molecule has 1 aromatic carbocycles. The Morgan fingerprint density at radius 1 is 1.33 bits per heavy atom. The van der Waals surface area contributed by atoms with Gasteiger partial charge in [0.05, 0.1) is 0 Å². The topological polar surface area (TPSA) is 54.3 Å². The van der Waals surface area contributed by atoms with Gasteiger partial charge in [-0.1, -0.05) is 0 Å². The zero-order valence-electron chi connectivity index (χ0n) is 8.61. The Labute approximate surface area is 86.8 Å². The van der Waals surface area contributed by atoms with Gasteiger partial charge in [0, 0.05) is 31.2 Å². The number of aromatic hydroxyl groups is 1. The summed E-state index contributed by atoms with van der Waals surface area (Å²) in [6.45, 7) is 0. The minimum absolute atomic E-state index is 0.000142. The minimum atomic E-state index is -0.215. The highest BCUT2D eigenvalue weighted by Crippen LogP contribution is 2.24. The van der Waals surface area contributed by atoms with Gasteiger partial charge >= 0.3 is 0 Å². The molecule has 4 nitrogen and oxygen atoms in total. The van der Waals surface area contributed by atoms with Gasteiger partial charge in [-0.05, 0) is 23.6 Å². The van der Waals surface area contributed by atoms with Crippen molar-refractivity contribution in [3.63, 3.8) is 0 Å². The standard InChI is InChI=1S/C11H12N2O2/c1-12-8-3-4-9-7(5-8)6-10(14)13(2)11(9)15/h3-6,12,15H,1-2H3. The number of hydrogen-bond acceptors (Lipinski definition) is 3. The largest absolute Gasteiger partial charge is 0.494 e. The number of hydrogen-bond donors (Lipinski definition) is 2. The summed E-state index contributed by atoms with van der Waals surface area (Å²) in [6.07, 6.45) is 0. The normalized spacial score (nSPS) is 10.5. The number of benzene rings is 1. The van der Waals surface area contributed by atoms with Gasteiger partial charge in [0.25, 0.3) is 5.56 Å². The molecular weight excluding hydrogens is 192 g/mol. The van der Waals surface area contributed by atoms with E-state index in [2.05, 4.69) is 5.32 Å². The molecule has 0 spiro atoms. The smallest absolute Gasteiger partial charge is 0.253 e. The van der Waals surface area contributed by atoms with Crippen molar-refractivity contribution < 1.29 is 5.11 Å². The molecule has 0 saturated carbocycles. The average molecular weight is 204 g/mol. The number of nitrogens with zero attached hydrogens (tertiary/aromatic N) is 1. The lowest BCUT2D eigenvalue weighted by Crippen LogP contribution is -2.14. The molecule has 0 radical (unpaired) electrons. The Kier molecular flexibility index (Phi) is 2.11. The van der Waals surface area contributed by atoms with E-state index in [0.29, 0.717) is 5.39 Å². The fourth-order valence-corrected chi connectivity index (χ4v) is 1.56. The fourth-order valence-electron chi connectivity index (χ4n) is 1.56. The van der Waals surface area contributed by atoms with Crippen molar-refractivity contribution in [1.82, 2.24) is 4.57 Å². The Morgan fingerprint density at radius 3 is 2.73 bits per heavy atom. The first-order valence-corrected chi connectivity index (χ1v) is 4.64. The molecule has 15 heavy (non-hydrogen) atoms. The second-order valence-electron chi connectivity index (χ2n) is 3.42. The Morgan fingerprint density at radius 2 is 2.07 bits per heavy atom. The van der Waals surface area contributed by atoms with E-state index in [9.17, 15) is 9.90 Å². The molecule has 0 amide bonds. The van der Waals surface area contributed by atoms with Crippen LogP contribution in [0.5, 0.6) is 5.88 Å². The van der Waals surface area contributed by atoms with E-state index < -0.39 is 0 Å². The minimum Gasteiger partial charge on any atom is -0.494 e. The van der Waals surface area contributed by atoms with E-state index in [4.69, 9.17) is 0 Å². The predicted molar refractivity (Wildman–Crippen MR) is 60.4 cm³/mol. The van der Waals surface area contributed by atoms with E-state index in [1.54, 1.807) is 13.1 Å². The summed E-state index contributed by atoms with van der Waals surface area (Å²) in [4.78, 5) is 11.4. The summed E-state index contributed by atoms with van der Waals surface area (Å²) in [5, 5.41) is 14.1. The first kappa shape index (κ1) is 9.58. The number of pyridine rings is 1. The SMILES string of the molecule is CNc1ccc2c(O)n(C)c(=O)cc2c1. The molecule has 2 aromatic rings. The van der Waals surface area contributed by atoms with Crippen LogP contribution in [0.4, 0.5) is 5.69 Å². The lowest BCUT2D eigenvalue weighted by Gasteiger charge is -2.07. The summed E-state index contributed by atoms with van der Waals surface area (Å²) >= 11 is 0. The Bertz CT molecular complexity index is 573. The van der Waals surface area contributed by atoms with Crippen molar-refractivity contribution in [2.45, 2.75) is 0 Å². The van der Waals surface area contributed by atoms with Crippen LogP contribution in [0.25, 0.3) is 10.8 Å². The third-order valence-electron chi connectivity index (χ3n) is 2.51. The summed E-state index contributed by atoms with van der Waals surface area (Å²) in [5.41, 5.74) is 0.698. The molecule has 0 atom stereocenters. The van der Waals surface area contributed by atoms with Gasteiger partial charge in [-0.25, -0.2) is 0 Å². The van der Waals surface area contributed by atoms with Crippen LogP contribution < -0.4 is 10.9 Å². The van der Waals surface area contributed by atoms with Gasteiger partial charge < -0.3 is 10.4 Å². The zero-order valence-corrected chi connectivity index (χ0v) is 8.61. The number of nitrogens with one attached hydrogen (secondary N) is 1. The van der Waals surface area contributed by atoms with Gasteiger partial charge in [-0.3, -0.25) is 9.36 Å². The second-order valence-corrected chi connectivity index (χ2v) is 3.42. The highest BCUT2D eigenvalue weighted by atomic mass is 16.3. The van der Waals surface area contributed by atoms with E-state index in [0.717, 1.165) is 11.1 Å². The van der Waals surface area contributed by atoms with E-state index in [-0.39, 0.29) is 11.4 Å².